The molecule has 2 aliphatic rings. The maximum absolute atomic E-state index is 5.51. The van der Waals surface area contributed by atoms with Crippen LogP contribution in [-0.2, 0) is 9.47 Å². The molecule has 0 amide bonds. The van der Waals surface area contributed by atoms with Crippen molar-refractivity contribution in [2.75, 3.05) is 65.7 Å². The van der Waals surface area contributed by atoms with E-state index in [0.29, 0.717) is 0 Å². The van der Waals surface area contributed by atoms with Crippen molar-refractivity contribution in [1.82, 2.24) is 9.80 Å². The van der Waals surface area contributed by atoms with E-state index in [2.05, 4.69) is 37.5 Å². The lowest BCUT2D eigenvalue weighted by Crippen LogP contribution is -2.47. The molecule has 0 N–H and O–H groups in total. The van der Waals surface area contributed by atoms with Gasteiger partial charge < -0.3 is 9.47 Å². The minimum atomic E-state index is 0.733. The quantitative estimate of drug-likeness (QED) is 0.719. The second-order valence-corrected chi connectivity index (χ2v) is 7.64. The van der Waals surface area contributed by atoms with E-state index in [9.17, 15) is 0 Å². The lowest BCUT2D eigenvalue weighted by molar-refractivity contribution is -0.00297. The number of hydrogen-bond donors (Lipinski definition) is 0. The minimum absolute atomic E-state index is 0.733. The van der Waals surface area contributed by atoms with Crippen LogP contribution in [-0.4, -0.2) is 75.5 Å². The Hall–Kier alpha value is -0.160. The van der Waals surface area contributed by atoms with Crippen LogP contribution in [0.2, 0.25) is 0 Å². The lowest BCUT2D eigenvalue weighted by atomic mass is 9.76. The van der Waals surface area contributed by atoms with E-state index in [0.717, 1.165) is 76.3 Å². The van der Waals surface area contributed by atoms with Crippen LogP contribution in [0.15, 0.2) is 0 Å². The number of morpholine rings is 2. The Labute approximate surface area is 137 Å². The second kappa shape index (κ2) is 9.21. The molecule has 4 heteroatoms. The van der Waals surface area contributed by atoms with Gasteiger partial charge >= 0.3 is 0 Å². The van der Waals surface area contributed by atoms with E-state index in [-0.39, 0.29) is 0 Å². The van der Waals surface area contributed by atoms with Crippen molar-refractivity contribution in [1.29, 1.82) is 0 Å². The van der Waals surface area contributed by atoms with Crippen molar-refractivity contribution in [2.45, 2.75) is 27.7 Å². The SMILES string of the molecule is CC(C)[C@H](CN1CCOCC1)[C@@H](CN1CCOCC1)C(C)C. The molecule has 22 heavy (non-hydrogen) atoms. The molecule has 0 aromatic carbocycles. The second-order valence-electron chi connectivity index (χ2n) is 7.64. The van der Waals surface area contributed by atoms with Gasteiger partial charge in [-0.15, -0.1) is 0 Å². The predicted octanol–water partition coefficient (Wildman–Crippen LogP) is 2.20. The number of rotatable bonds is 7. The topological polar surface area (TPSA) is 24.9 Å². The molecule has 0 aromatic rings. The van der Waals surface area contributed by atoms with Crippen LogP contribution in [0.25, 0.3) is 0 Å². The summed E-state index contributed by atoms with van der Waals surface area (Å²) in [5.74, 6) is 2.99. The van der Waals surface area contributed by atoms with E-state index >= 15 is 0 Å². The van der Waals surface area contributed by atoms with Gasteiger partial charge in [0.25, 0.3) is 0 Å². The fraction of sp³-hybridized carbons (Fsp3) is 1.00. The van der Waals surface area contributed by atoms with Crippen molar-refractivity contribution in [3.05, 3.63) is 0 Å². The van der Waals surface area contributed by atoms with Crippen molar-refractivity contribution >= 4 is 0 Å². The van der Waals surface area contributed by atoms with Crippen molar-refractivity contribution in [2.24, 2.45) is 23.7 Å². The van der Waals surface area contributed by atoms with Crippen LogP contribution in [0.1, 0.15) is 27.7 Å². The highest BCUT2D eigenvalue weighted by Gasteiger charge is 2.31. The lowest BCUT2D eigenvalue weighted by Gasteiger charge is -2.41. The molecule has 0 spiro atoms. The van der Waals surface area contributed by atoms with E-state index < -0.39 is 0 Å². The highest BCUT2D eigenvalue weighted by molar-refractivity contribution is 4.82. The standard InChI is InChI=1S/C18H36N2O2/c1-15(2)17(13-19-5-9-21-10-6-19)18(16(3)4)14-20-7-11-22-12-8-20/h15-18H,5-14H2,1-4H3/t17-,18-/m0/s1. The molecule has 2 rings (SSSR count). The molecule has 0 aromatic heterocycles. The zero-order valence-electron chi connectivity index (χ0n) is 15.1. The first-order valence-corrected chi connectivity index (χ1v) is 9.18. The van der Waals surface area contributed by atoms with Gasteiger partial charge in [0.1, 0.15) is 0 Å². The van der Waals surface area contributed by atoms with E-state index in [1.807, 2.05) is 0 Å². The molecular formula is C18H36N2O2. The van der Waals surface area contributed by atoms with Crippen LogP contribution in [0.5, 0.6) is 0 Å². The Kier molecular flexibility index (Phi) is 7.61. The molecule has 2 fully saturated rings. The van der Waals surface area contributed by atoms with Crippen molar-refractivity contribution in [3.8, 4) is 0 Å². The van der Waals surface area contributed by atoms with Gasteiger partial charge in [0.15, 0.2) is 0 Å². The Balaban J connectivity index is 1.96. The summed E-state index contributed by atoms with van der Waals surface area (Å²) in [6, 6.07) is 0. The van der Waals surface area contributed by atoms with Crippen molar-refractivity contribution in [3.63, 3.8) is 0 Å². The van der Waals surface area contributed by atoms with Gasteiger partial charge in [-0.1, -0.05) is 27.7 Å². The van der Waals surface area contributed by atoms with Crippen LogP contribution < -0.4 is 0 Å². The fourth-order valence-corrected chi connectivity index (χ4v) is 3.84. The van der Waals surface area contributed by atoms with Crippen molar-refractivity contribution < 1.29 is 9.47 Å². The first-order valence-electron chi connectivity index (χ1n) is 9.18. The summed E-state index contributed by atoms with van der Waals surface area (Å²) in [5, 5.41) is 0. The summed E-state index contributed by atoms with van der Waals surface area (Å²) in [4.78, 5) is 5.23. The van der Waals surface area contributed by atoms with Gasteiger partial charge in [-0.05, 0) is 23.7 Å². The first-order chi connectivity index (χ1) is 10.6. The average Bonchev–Trinajstić information content (AvgIpc) is 2.52. The summed E-state index contributed by atoms with van der Waals surface area (Å²) in [6.07, 6.45) is 0. The van der Waals surface area contributed by atoms with Gasteiger partial charge in [-0.2, -0.15) is 0 Å². The summed E-state index contributed by atoms with van der Waals surface area (Å²) >= 11 is 0. The van der Waals surface area contributed by atoms with Crippen LogP contribution in [0.3, 0.4) is 0 Å². The third-order valence-corrected chi connectivity index (χ3v) is 5.41. The molecular weight excluding hydrogens is 276 g/mol. The molecule has 2 saturated heterocycles. The van der Waals surface area contributed by atoms with E-state index in [1.165, 1.54) is 13.1 Å². The van der Waals surface area contributed by atoms with Crippen LogP contribution >= 0.6 is 0 Å². The van der Waals surface area contributed by atoms with Crippen LogP contribution in [0.4, 0.5) is 0 Å². The molecule has 0 unspecified atom stereocenters. The Morgan fingerprint density at radius 2 is 0.955 bits per heavy atom. The molecule has 0 aliphatic carbocycles. The highest BCUT2D eigenvalue weighted by Crippen LogP contribution is 2.30. The highest BCUT2D eigenvalue weighted by atomic mass is 16.5. The molecule has 2 aliphatic heterocycles. The maximum atomic E-state index is 5.51. The summed E-state index contributed by atoms with van der Waals surface area (Å²) in [6.45, 7) is 20.1. The predicted molar refractivity (Wildman–Crippen MR) is 91.2 cm³/mol. The van der Waals surface area contributed by atoms with Crippen LogP contribution in [0, 0.1) is 23.7 Å². The normalized spacial score (nSPS) is 24.8. The third-order valence-electron chi connectivity index (χ3n) is 5.41. The fourth-order valence-electron chi connectivity index (χ4n) is 3.84. The van der Waals surface area contributed by atoms with E-state index in [4.69, 9.17) is 9.47 Å². The van der Waals surface area contributed by atoms with Gasteiger partial charge in [-0.3, -0.25) is 9.80 Å². The molecule has 130 valence electrons. The Bertz CT molecular complexity index is 267. The van der Waals surface area contributed by atoms with Gasteiger partial charge in [0.2, 0.25) is 0 Å². The van der Waals surface area contributed by atoms with Gasteiger partial charge in [0, 0.05) is 39.3 Å². The molecule has 0 bridgehead atoms. The van der Waals surface area contributed by atoms with Gasteiger partial charge in [-0.25, -0.2) is 0 Å². The zero-order chi connectivity index (χ0) is 15.9. The summed E-state index contributed by atoms with van der Waals surface area (Å²) in [7, 11) is 0. The first kappa shape index (κ1) is 18.2. The smallest absolute Gasteiger partial charge is 0.0594 e. The average molecular weight is 312 g/mol. The van der Waals surface area contributed by atoms with Gasteiger partial charge in [0.05, 0.1) is 26.4 Å². The Morgan fingerprint density at radius 1 is 0.636 bits per heavy atom. The zero-order valence-corrected chi connectivity index (χ0v) is 15.1. The largest absolute Gasteiger partial charge is 0.379 e. The Morgan fingerprint density at radius 3 is 1.23 bits per heavy atom. The molecule has 2 atom stereocenters. The third kappa shape index (κ3) is 5.48. The van der Waals surface area contributed by atoms with E-state index in [1.54, 1.807) is 0 Å². The minimum Gasteiger partial charge on any atom is -0.379 e. The summed E-state index contributed by atoms with van der Waals surface area (Å²) in [5.41, 5.74) is 0. The maximum Gasteiger partial charge on any atom is 0.0594 e. The monoisotopic (exact) mass is 312 g/mol. The molecule has 0 radical (unpaired) electrons. The number of hydrogen-bond acceptors (Lipinski definition) is 4. The number of nitrogens with zero attached hydrogens (tertiary/aromatic N) is 2. The molecule has 2 heterocycles. The molecule has 0 saturated carbocycles. The molecule has 4 nitrogen and oxygen atoms in total. The number of ether oxygens (including phenoxy) is 2. The summed E-state index contributed by atoms with van der Waals surface area (Å²) < 4.78 is 11.0.